The first kappa shape index (κ1) is 21.2. The number of ether oxygens (including phenoxy) is 3. The summed E-state index contributed by atoms with van der Waals surface area (Å²) >= 11 is 0. The molecule has 2 aromatic carbocycles. The van der Waals surface area contributed by atoms with Crippen molar-refractivity contribution in [3.63, 3.8) is 0 Å². The first-order chi connectivity index (χ1) is 15.0. The van der Waals surface area contributed by atoms with Crippen LogP contribution in [-0.2, 0) is 22.6 Å². The van der Waals surface area contributed by atoms with Gasteiger partial charge in [0.1, 0.15) is 24.2 Å². The Labute approximate surface area is 183 Å². The third kappa shape index (κ3) is 4.52. The Balaban J connectivity index is 1.37. The summed E-state index contributed by atoms with van der Waals surface area (Å²) in [6.45, 7) is 5.82. The second-order valence-corrected chi connectivity index (χ2v) is 8.49. The van der Waals surface area contributed by atoms with Crippen LogP contribution in [-0.4, -0.2) is 37.2 Å². The molecular formula is C25H28N2O4. The van der Waals surface area contributed by atoms with E-state index in [2.05, 4.69) is 23.1 Å². The van der Waals surface area contributed by atoms with Gasteiger partial charge in [0.05, 0.1) is 24.7 Å². The molecule has 0 spiro atoms. The number of nitriles is 1. The highest BCUT2D eigenvalue weighted by molar-refractivity contribution is 5.73. The lowest BCUT2D eigenvalue weighted by Gasteiger charge is -2.41. The van der Waals surface area contributed by atoms with Gasteiger partial charge in [0.2, 0.25) is 0 Å². The fourth-order valence-electron chi connectivity index (χ4n) is 4.40. The van der Waals surface area contributed by atoms with Crippen molar-refractivity contribution in [3.8, 4) is 17.6 Å². The molecule has 1 fully saturated rings. The van der Waals surface area contributed by atoms with Crippen LogP contribution in [0.2, 0.25) is 0 Å². The maximum absolute atomic E-state index is 11.6. The number of benzene rings is 2. The molecule has 0 aromatic heterocycles. The molecule has 2 aromatic rings. The molecule has 1 aliphatic carbocycles. The highest BCUT2D eigenvalue weighted by atomic mass is 16.5. The first-order valence-corrected chi connectivity index (χ1v) is 10.8. The van der Waals surface area contributed by atoms with E-state index in [-0.39, 0.29) is 18.0 Å². The number of rotatable bonds is 7. The second kappa shape index (κ2) is 8.99. The van der Waals surface area contributed by atoms with Gasteiger partial charge >= 0.3 is 5.97 Å². The Morgan fingerprint density at radius 3 is 2.74 bits per heavy atom. The largest absolute Gasteiger partial charge is 0.490 e. The van der Waals surface area contributed by atoms with Crippen molar-refractivity contribution >= 4 is 5.97 Å². The fraction of sp³-hybridized carbons (Fsp3) is 0.440. The number of likely N-dealkylation sites (tertiary alicyclic amines) is 1. The standard InChI is InChI=1S/C25H28N2O4/c1-16(2)31-24-9-4-17(10-19(24)12-26)15-30-21-6-7-22-18(11-21)5-8-23(22)27-13-20(14-27)25(28)29-3/h4,6-7,9-11,16,20,23H,5,8,13-15H2,1-3H3. The molecule has 6 nitrogen and oxygen atoms in total. The highest BCUT2D eigenvalue weighted by Gasteiger charge is 2.40. The number of methoxy groups -OCH3 is 1. The Morgan fingerprint density at radius 1 is 1.23 bits per heavy atom. The van der Waals surface area contributed by atoms with Gasteiger partial charge in [0.25, 0.3) is 0 Å². The summed E-state index contributed by atoms with van der Waals surface area (Å²) in [6.07, 6.45) is 2.10. The topological polar surface area (TPSA) is 71.8 Å². The molecule has 1 aliphatic heterocycles. The van der Waals surface area contributed by atoms with Crippen LogP contribution in [0.4, 0.5) is 0 Å². The van der Waals surface area contributed by atoms with Crippen LogP contribution in [0.5, 0.6) is 11.5 Å². The summed E-state index contributed by atoms with van der Waals surface area (Å²) in [6, 6.07) is 14.4. The summed E-state index contributed by atoms with van der Waals surface area (Å²) in [5.74, 6) is 1.33. The van der Waals surface area contributed by atoms with E-state index in [9.17, 15) is 10.1 Å². The third-order valence-corrected chi connectivity index (χ3v) is 5.98. The molecule has 1 saturated heterocycles. The van der Waals surface area contributed by atoms with Gasteiger partial charge in [0, 0.05) is 19.1 Å². The quantitative estimate of drug-likeness (QED) is 0.630. The van der Waals surface area contributed by atoms with Crippen molar-refractivity contribution in [1.29, 1.82) is 5.26 Å². The van der Waals surface area contributed by atoms with Crippen LogP contribution in [0.1, 0.15) is 48.6 Å². The number of esters is 1. The number of hydrogen-bond donors (Lipinski definition) is 0. The van der Waals surface area contributed by atoms with E-state index in [0.29, 0.717) is 24.0 Å². The lowest BCUT2D eigenvalue weighted by Crippen LogP contribution is -2.51. The van der Waals surface area contributed by atoms with E-state index in [0.717, 1.165) is 37.2 Å². The van der Waals surface area contributed by atoms with Gasteiger partial charge in [-0.25, -0.2) is 0 Å². The van der Waals surface area contributed by atoms with Crippen LogP contribution in [0, 0.1) is 17.2 Å². The number of aryl methyl sites for hydroxylation is 1. The minimum Gasteiger partial charge on any atom is -0.490 e. The van der Waals surface area contributed by atoms with Crippen LogP contribution >= 0.6 is 0 Å². The molecule has 0 bridgehead atoms. The predicted octanol–water partition coefficient (Wildman–Crippen LogP) is 4.02. The fourth-order valence-corrected chi connectivity index (χ4v) is 4.40. The number of carbonyl (C=O) groups excluding carboxylic acids is 1. The Hall–Kier alpha value is -3.04. The van der Waals surface area contributed by atoms with Crippen molar-refractivity contribution in [2.45, 2.75) is 45.4 Å². The average Bonchev–Trinajstić information content (AvgIpc) is 3.14. The van der Waals surface area contributed by atoms with Gasteiger partial charge in [-0.05, 0) is 67.6 Å². The molecule has 1 unspecified atom stereocenters. The summed E-state index contributed by atoms with van der Waals surface area (Å²) in [5, 5.41) is 9.40. The van der Waals surface area contributed by atoms with Crippen molar-refractivity contribution in [3.05, 3.63) is 58.7 Å². The zero-order chi connectivity index (χ0) is 22.0. The normalized spacial score (nSPS) is 18.2. The highest BCUT2D eigenvalue weighted by Crippen LogP contribution is 2.40. The molecule has 162 valence electrons. The maximum Gasteiger partial charge on any atom is 0.311 e. The second-order valence-electron chi connectivity index (χ2n) is 8.49. The maximum atomic E-state index is 11.6. The number of hydrogen-bond acceptors (Lipinski definition) is 6. The minimum atomic E-state index is -0.110. The molecule has 2 aliphatic rings. The molecule has 0 radical (unpaired) electrons. The summed E-state index contributed by atoms with van der Waals surface area (Å²) in [7, 11) is 1.45. The van der Waals surface area contributed by atoms with Gasteiger partial charge in [-0.1, -0.05) is 12.1 Å². The van der Waals surface area contributed by atoms with Gasteiger partial charge in [0.15, 0.2) is 0 Å². The first-order valence-electron chi connectivity index (χ1n) is 10.8. The molecular weight excluding hydrogens is 392 g/mol. The van der Waals surface area contributed by atoms with E-state index in [1.54, 1.807) is 0 Å². The molecule has 6 heteroatoms. The minimum absolute atomic E-state index is 0.00675. The van der Waals surface area contributed by atoms with E-state index >= 15 is 0 Å². The Kier molecular flexibility index (Phi) is 6.15. The smallest absolute Gasteiger partial charge is 0.311 e. The van der Waals surface area contributed by atoms with Gasteiger partial charge in [-0.15, -0.1) is 0 Å². The molecule has 0 N–H and O–H groups in total. The van der Waals surface area contributed by atoms with E-state index < -0.39 is 0 Å². The lowest BCUT2D eigenvalue weighted by atomic mass is 9.95. The monoisotopic (exact) mass is 420 g/mol. The van der Waals surface area contributed by atoms with Crippen LogP contribution in [0.3, 0.4) is 0 Å². The van der Waals surface area contributed by atoms with Gasteiger partial charge < -0.3 is 14.2 Å². The van der Waals surface area contributed by atoms with E-state index in [1.807, 2.05) is 38.1 Å². The molecule has 31 heavy (non-hydrogen) atoms. The third-order valence-electron chi connectivity index (χ3n) is 5.98. The molecule has 0 saturated carbocycles. The Morgan fingerprint density at radius 2 is 2.03 bits per heavy atom. The zero-order valence-electron chi connectivity index (χ0n) is 18.3. The number of nitrogens with zero attached hydrogens (tertiary/aromatic N) is 2. The summed E-state index contributed by atoms with van der Waals surface area (Å²) in [4.78, 5) is 14.0. The zero-order valence-corrected chi connectivity index (χ0v) is 18.3. The van der Waals surface area contributed by atoms with Crippen LogP contribution < -0.4 is 9.47 Å². The number of carbonyl (C=O) groups is 1. The molecule has 1 atom stereocenters. The molecule has 4 rings (SSSR count). The lowest BCUT2D eigenvalue weighted by molar-refractivity contribution is -0.152. The van der Waals surface area contributed by atoms with Crippen molar-refractivity contribution in [2.75, 3.05) is 20.2 Å². The van der Waals surface area contributed by atoms with Crippen molar-refractivity contribution in [1.82, 2.24) is 4.90 Å². The molecule has 1 heterocycles. The SMILES string of the molecule is COC(=O)C1CN(C2CCc3cc(OCc4ccc(OC(C)C)c(C#N)c4)ccc32)C1. The van der Waals surface area contributed by atoms with Crippen molar-refractivity contribution < 1.29 is 19.0 Å². The van der Waals surface area contributed by atoms with Crippen LogP contribution in [0.25, 0.3) is 0 Å². The Bertz CT molecular complexity index is 1010. The van der Waals surface area contributed by atoms with Gasteiger partial charge in [-0.2, -0.15) is 5.26 Å². The summed E-state index contributed by atoms with van der Waals surface area (Å²) in [5.41, 5.74) is 4.09. The van der Waals surface area contributed by atoms with E-state index in [4.69, 9.17) is 14.2 Å². The molecule has 0 amide bonds. The van der Waals surface area contributed by atoms with Crippen molar-refractivity contribution in [2.24, 2.45) is 5.92 Å². The van der Waals surface area contributed by atoms with Gasteiger partial charge in [-0.3, -0.25) is 9.69 Å². The van der Waals surface area contributed by atoms with E-state index in [1.165, 1.54) is 18.2 Å². The summed E-state index contributed by atoms with van der Waals surface area (Å²) < 4.78 is 16.5. The average molecular weight is 421 g/mol. The number of fused-ring (bicyclic) bond motifs is 1. The van der Waals surface area contributed by atoms with Crippen LogP contribution in [0.15, 0.2) is 36.4 Å². The predicted molar refractivity (Wildman–Crippen MR) is 116 cm³/mol.